The van der Waals surface area contributed by atoms with Gasteiger partial charge in [0.1, 0.15) is 5.82 Å². The smallest absolute Gasteiger partial charge is 0.388 e. The lowest BCUT2D eigenvalue weighted by Gasteiger charge is -2.13. The van der Waals surface area contributed by atoms with Crippen molar-refractivity contribution in [3.05, 3.63) is 42.2 Å². The number of fused-ring (bicyclic) bond motifs is 1. The Morgan fingerprint density at radius 3 is 2.81 bits per heavy atom. The zero-order valence-electron chi connectivity index (χ0n) is 16.6. The third-order valence-electron chi connectivity index (χ3n) is 5.28. The summed E-state index contributed by atoms with van der Waals surface area (Å²) in [6.07, 6.45) is 4.20. The Balaban J connectivity index is 1.68. The number of nitrogens with two attached hydrogens (primary N) is 1. The largest absolute Gasteiger partial charge is 0.417 e. The average Bonchev–Trinajstić information content (AvgIpc) is 3.53. The molecular weight excluding hydrogens is 404 g/mol. The van der Waals surface area contributed by atoms with Crippen molar-refractivity contribution >= 4 is 28.2 Å². The zero-order valence-corrected chi connectivity index (χ0v) is 16.6. The van der Waals surface area contributed by atoms with Crippen molar-refractivity contribution < 1.29 is 18.3 Å². The van der Waals surface area contributed by atoms with Crippen LogP contribution in [0.3, 0.4) is 0 Å². The highest BCUT2D eigenvalue weighted by Gasteiger charge is 2.43. The maximum atomic E-state index is 12.5. The maximum absolute atomic E-state index is 12.5. The number of nitrogens with zero attached hydrogens (tertiary/aromatic N) is 3. The van der Waals surface area contributed by atoms with E-state index in [0.29, 0.717) is 29.7 Å². The molecule has 2 aromatic heterocycles. The number of alkyl halides is 2. The number of nitrogens with one attached hydrogen (secondary N) is 1. The van der Waals surface area contributed by atoms with Gasteiger partial charge in [0, 0.05) is 35.1 Å². The van der Waals surface area contributed by atoms with Gasteiger partial charge in [0.2, 0.25) is 11.8 Å². The first-order valence-electron chi connectivity index (χ1n) is 9.73. The molecule has 3 N–H and O–H groups in total. The number of rotatable bonds is 6. The minimum atomic E-state index is -2.94. The van der Waals surface area contributed by atoms with Gasteiger partial charge in [-0.05, 0) is 47.6 Å². The van der Waals surface area contributed by atoms with Gasteiger partial charge < -0.3 is 15.8 Å². The van der Waals surface area contributed by atoms with Crippen LogP contribution in [0.4, 0.5) is 20.3 Å². The van der Waals surface area contributed by atoms with Crippen LogP contribution in [-0.2, 0) is 11.2 Å². The van der Waals surface area contributed by atoms with Gasteiger partial charge in [-0.25, -0.2) is 9.97 Å². The molecule has 0 radical (unpaired) electrons. The van der Waals surface area contributed by atoms with Gasteiger partial charge in [0.25, 0.3) is 0 Å². The lowest BCUT2D eigenvalue weighted by atomic mass is 9.97. The van der Waals surface area contributed by atoms with Gasteiger partial charge in [0.05, 0.1) is 17.9 Å². The Bertz CT molecular complexity index is 1210. The van der Waals surface area contributed by atoms with Gasteiger partial charge in [-0.2, -0.15) is 14.0 Å². The van der Waals surface area contributed by atoms with Crippen LogP contribution in [0.25, 0.3) is 21.9 Å². The van der Waals surface area contributed by atoms with E-state index in [4.69, 9.17) is 11.0 Å². The molecule has 0 bridgehead atoms. The predicted octanol–water partition coefficient (Wildman–Crippen LogP) is 4.14. The molecule has 1 amide bonds. The van der Waals surface area contributed by atoms with E-state index in [2.05, 4.69) is 26.1 Å². The standard InChI is InChI=1S/C22H19F2N5O2/c1-2-11-7-20(31-22(23)24)28-9-16(11)12-3-13-6-19(27-10-17(13)18(26)5-12)29-21(30)15-4-14(15)8-25/h3,5-7,9-10,14-15,22H,2,4,26H2,1H3,(H,27,29,30). The number of ether oxygens (including phenoxy) is 1. The van der Waals surface area contributed by atoms with E-state index >= 15 is 0 Å². The summed E-state index contributed by atoms with van der Waals surface area (Å²) in [5, 5.41) is 13.1. The number of pyridine rings is 2. The summed E-state index contributed by atoms with van der Waals surface area (Å²) >= 11 is 0. The molecule has 1 aliphatic rings. The summed E-state index contributed by atoms with van der Waals surface area (Å²) in [7, 11) is 0. The number of nitriles is 1. The van der Waals surface area contributed by atoms with E-state index in [1.165, 1.54) is 12.3 Å². The van der Waals surface area contributed by atoms with Crippen LogP contribution in [-0.4, -0.2) is 22.5 Å². The van der Waals surface area contributed by atoms with Crippen molar-refractivity contribution in [2.75, 3.05) is 11.1 Å². The highest BCUT2D eigenvalue weighted by Crippen LogP contribution is 2.39. The highest BCUT2D eigenvalue weighted by molar-refractivity contribution is 6.00. The summed E-state index contributed by atoms with van der Waals surface area (Å²) in [6, 6.07) is 8.94. The number of hydrogen-bond acceptors (Lipinski definition) is 6. The molecule has 2 heterocycles. The number of aromatic nitrogens is 2. The number of benzene rings is 1. The lowest BCUT2D eigenvalue weighted by molar-refractivity contribution is -0.117. The van der Waals surface area contributed by atoms with Crippen LogP contribution in [0.15, 0.2) is 36.7 Å². The quantitative estimate of drug-likeness (QED) is 0.576. The minimum Gasteiger partial charge on any atom is -0.417 e. The molecule has 1 aromatic carbocycles. The number of aryl methyl sites for hydroxylation is 1. The number of carbonyl (C=O) groups is 1. The first kappa shape index (κ1) is 20.5. The number of halogens is 2. The topological polar surface area (TPSA) is 114 Å². The first-order valence-corrected chi connectivity index (χ1v) is 9.73. The molecule has 1 aliphatic carbocycles. The summed E-state index contributed by atoms with van der Waals surface area (Å²) in [6.45, 7) is -1.04. The van der Waals surface area contributed by atoms with Crippen molar-refractivity contribution in [3.8, 4) is 23.1 Å². The zero-order chi connectivity index (χ0) is 22.1. The third-order valence-corrected chi connectivity index (χ3v) is 5.28. The molecule has 0 spiro atoms. The van der Waals surface area contributed by atoms with Gasteiger partial charge in [0.15, 0.2) is 0 Å². The van der Waals surface area contributed by atoms with Crippen LogP contribution >= 0.6 is 0 Å². The molecule has 9 heteroatoms. The normalized spacial score (nSPS) is 17.4. The molecule has 3 aromatic rings. The Labute approximate surface area is 176 Å². The summed E-state index contributed by atoms with van der Waals surface area (Å²) in [5.41, 5.74) is 8.99. The molecule has 158 valence electrons. The van der Waals surface area contributed by atoms with Crippen molar-refractivity contribution in [2.24, 2.45) is 11.8 Å². The summed E-state index contributed by atoms with van der Waals surface area (Å²) in [5.74, 6) is -0.540. The second kappa shape index (κ2) is 8.14. The second-order valence-electron chi connectivity index (χ2n) is 7.33. The Morgan fingerprint density at radius 1 is 1.32 bits per heavy atom. The van der Waals surface area contributed by atoms with Crippen molar-refractivity contribution in [1.82, 2.24) is 9.97 Å². The molecule has 1 saturated carbocycles. The summed E-state index contributed by atoms with van der Waals surface area (Å²) in [4.78, 5) is 20.4. The van der Waals surface area contributed by atoms with Gasteiger partial charge in [-0.3, -0.25) is 4.79 Å². The van der Waals surface area contributed by atoms with Crippen LogP contribution in [0.1, 0.15) is 18.9 Å². The van der Waals surface area contributed by atoms with E-state index in [9.17, 15) is 13.6 Å². The number of anilines is 2. The van der Waals surface area contributed by atoms with Crippen LogP contribution in [0.5, 0.6) is 5.88 Å². The first-order chi connectivity index (χ1) is 14.9. The Morgan fingerprint density at radius 2 is 2.13 bits per heavy atom. The lowest BCUT2D eigenvalue weighted by Crippen LogP contribution is -2.15. The van der Waals surface area contributed by atoms with Crippen molar-refractivity contribution in [3.63, 3.8) is 0 Å². The monoisotopic (exact) mass is 423 g/mol. The Hall–Kier alpha value is -3.80. The molecule has 31 heavy (non-hydrogen) atoms. The highest BCUT2D eigenvalue weighted by atomic mass is 19.3. The predicted molar refractivity (Wildman–Crippen MR) is 111 cm³/mol. The van der Waals surface area contributed by atoms with Crippen LogP contribution in [0.2, 0.25) is 0 Å². The molecule has 2 atom stereocenters. The fraction of sp³-hybridized carbons (Fsp3) is 0.273. The molecule has 4 rings (SSSR count). The second-order valence-corrected chi connectivity index (χ2v) is 7.33. The molecule has 1 fully saturated rings. The fourth-order valence-corrected chi connectivity index (χ4v) is 3.54. The van der Waals surface area contributed by atoms with E-state index in [1.807, 2.05) is 13.0 Å². The number of nitrogen functional groups attached to an aromatic ring is 1. The van der Waals surface area contributed by atoms with E-state index in [0.717, 1.165) is 22.1 Å². The fourth-order valence-electron chi connectivity index (χ4n) is 3.54. The van der Waals surface area contributed by atoms with E-state index in [-0.39, 0.29) is 23.6 Å². The van der Waals surface area contributed by atoms with Gasteiger partial charge in [-0.1, -0.05) is 6.92 Å². The molecule has 0 saturated heterocycles. The molecule has 7 nitrogen and oxygen atoms in total. The van der Waals surface area contributed by atoms with Crippen molar-refractivity contribution in [2.45, 2.75) is 26.4 Å². The number of amides is 1. The number of hydrogen-bond donors (Lipinski definition) is 2. The number of carbonyl (C=O) groups excluding carboxylic acids is 1. The molecule has 2 unspecified atom stereocenters. The molecule has 0 aliphatic heterocycles. The third kappa shape index (κ3) is 4.23. The van der Waals surface area contributed by atoms with Crippen LogP contribution < -0.4 is 15.8 Å². The SMILES string of the molecule is CCc1cc(OC(F)F)ncc1-c1cc(N)c2cnc(NC(=O)C3CC3C#N)cc2c1. The summed E-state index contributed by atoms with van der Waals surface area (Å²) < 4.78 is 29.4. The van der Waals surface area contributed by atoms with E-state index < -0.39 is 6.61 Å². The van der Waals surface area contributed by atoms with Crippen LogP contribution in [0, 0.1) is 23.2 Å². The average molecular weight is 423 g/mol. The minimum absolute atomic E-state index is 0.144. The van der Waals surface area contributed by atoms with Gasteiger partial charge in [-0.15, -0.1) is 0 Å². The Kier molecular flexibility index (Phi) is 5.38. The van der Waals surface area contributed by atoms with Crippen molar-refractivity contribution in [1.29, 1.82) is 5.26 Å². The van der Waals surface area contributed by atoms with E-state index in [1.54, 1.807) is 18.3 Å². The van der Waals surface area contributed by atoms with Gasteiger partial charge >= 0.3 is 6.61 Å². The molecular formula is C22H19F2N5O2. The maximum Gasteiger partial charge on any atom is 0.388 e.